The molecule has 0 spiro atoms. The molecule has 0 aliphatic carbocycles. The highest BCUT2D eigenvalue weighted by Gasteiger charge is 2.34. The highest BCUT2D eigenvalue weighted by Crippen LogP contribution is 2.29. The Morgan fingerprint density at radius 2 is 1.36 bits per heavy atom. The predicted octanol–water partition coefficient (Wildman–Crippen LogP) is 3.23. The van der Waals surface area contributed by atoms with Crippen molar-refractivity contribution in [2.45, 2.75) is 4.90 Å². The van der Waals surface area contributed by atoms with Crippen LogP contribution in [-0.4, -0.2) is 13.3 Å². The summed E-state index contributed by atoms with van der Waals surface area (Å²) in [4.78, 5) is 7.17. The zero-order valence-electron chi connectivity index (χ0n) is 11.5. The van der Waals surface area contributed by atoms with Crippen molar-refractivity contribution < 1.29 is 39.7 Å². The van der Waals surface area contributed by atoms with E-state index in [4.69, 9.17) is 0 Å². The zero-order valence-corrected chi connectivity index (χ0v) is 12.3. The van der Waals surface area contributed by atoms with E-state index >= 15 is 0 Å². The van der Waals surface area contributed by atoms with E-state index in [0.717, 1.165) is 0 Å². The molecule has 25 heavy (non-hydrogen) atoms. The van der Waals surface area contributed by atoms with Crippen LogP contribution in [0.5, 0.6) is 0 Å². The first-order valence-corrected chi connectivity index (χ1v) is 7.44. The second-order valence-electron chi connectivity index (χ2n) is 4.43. The van der Waals surface area contributed by atoms with Gasteiger partial charge < -0.3 is 0 Å². The molecule has 0 bridgehead atoms. The van der Waals surface area contributed by atoms with Gasteiger partial charge in [-0.25, -0.2) is 30.4 Å². The van der Waals surface area contributed by atoms with Gasteiger partial charge in [0, 0.05) is 6.07 Å². The monoisotopic (exact) mass is 386 g/mol. The Labute approximate surface area is 134 Å². The fourth-order valence-electron chi connectivity index (χ4n) is 1.74. The minimum absolute atomic E-state index is 0.360. The predicted molar refractivity (Wildman–Crippen MR) is 70.1 cm³/mol. The summed E-state index contributed by atoms with van der Waals surface area (Å²) in [5.41, 5.74) is -1.92. The molecule has 0 atom stereocenters. The highest BCUT2D eigenvalue weighted by molar-refractivity contribution is 7.92. The smallest absolute Gasteiger partial charge is 0.279 e. The molecule has 0 radical (unpaired) electrons. The van der Waals surface area contributed by atoms with Crippen LogP contribution in [0.15, 0.2) is 23.1 Å². The van der Waals surface area contributed by atoms with Crippen molar-refractivity contribution in [2.24, 2.45) is 0 Å². The third-order valence-corrected chi connectivity index (χ3v) is 4.23. The number of hydrogen-bond acceptors (Lipinski definition) is 4. The van der Waals surface area contributed by atoms with E-state index in [1.807, 2.05) is 0 Å². The number of nitrogens with one attached hydrogen (secondary N) is 1. The third-order valence-electron chi connectivity index (χ3n) is 2.83. The zero-order chi connectivity index (χ0) is 19.1. The topological polar surface area (TPSA) is 89.3 Å². The molecule has 2 aromatic rings. The van der Waals surface area contributed by atoms with Crippen LogP contribution in [0.3, 0.4) is 0 Å². The second kappa shape index (κ2) is 6.23. The van der Waals surface area contributed by atoms with E-state index in [9.17, 15) is 44.9 Å². The molecule has 0 aliphatic heterocycles. The van der Waals surface area contributed by atoms with Gasteiger partial charge in [-0.1, -0.05) is 0 Å². The first-order chi connectivity index (χ1) is 11.5. The molecule has 0 amide bonds. The van der Waals surface area contributed by atoms with E-state index in [2.05, 4.69) is 0 Å². The van der Waals surface area contributed by atoms with Gasteiger partial charge in [0.15, 0.2) is 28.2 Å². The van der Waals surface area contributed by atoms with Gasteiger partial charge in [0.25, 0.3) is 10.0 Å². The lowest BCUT2D eigenvalue weighted by atomic mass is 10.3. The first kappa shape index (κ1) is 18.5. The van der Waals surface area contributed by atoms with Gasteiger partial charge in [-0.2, -0.15) is 4.39 Å². The normalized spacial score (nSPS) is 11.4. The Bertz CT molecular complexity index is 967. The third kappa shape index (κ3) is 3.22. The van der Waals surface area contributed by atoms with Crippen LogP contribution in [0, 0.1) is 45.0 Å². The number of nitro groups is 1. The lowest BCUT2D eigenvalue weighted by Gasteiger charge is -2.11. The second-order valence-corrected chi connectivity index (χ2v) is 6.05. The van der Waals surface area contributed by atoms with Crippen LogP contribution in [0.25, 0.3) is 0 Å². The molecule has 0 unspecified atom stereocenters. The van der Waals surface area contributed by atoms with Crippen LogP contribution in [0.1, 0.15) is 0 Å². The Morgan fingerprint density at radius 1 is 0.880 bits per heavy atom. The van der Waals surface area contributed by atoms with Crippen molar-refractivity contribution in [2.75, 3.05) is 4.72 Å². The summed E-state index contributed by atoms with van der Waals surface area (Å²) in [5.74, 6) is -14.1. The average Bonchev–Trinajstić information content (AvgIpc) is 2.52. The number of halogens is 6. The standard InChI is InChI=1S/C12H4F6N2O4S/c13-5-2-1-4(3-6(5)20(21)22)19-25(23,24)12-10(17)8(15)7(14)9(16)11(12)18/h1-3,19H. The summed E-state index contributed by atoms with van der Waals surface area (Å²) in [6, 6.07) is 1.47. The maximum Gasteiger partial charge on any atom is 0.306 e. The van der Waals surface area contributed by atoms with Crippen molar-refractivity contribution in [1.82, 2.24) is 0 Å². The number of nitro benzene ring substituents is 1. The number of sulfonamides is 1. The van der Waals surface area contributed by atoms with Crippen molar-refractivity contribution in [1.29, 1.82) is 0 Å². The quantitative estimate of drug-likeness (QED) is 0.287. The van der Waals surface area contributed by atoms with Gasteiger partial charge in [0.05, 0.1) is 10.6 Å². The molecule has 0 heterocycles. The molecular weight excluding hydrogens is 382 g/mol. The fraction of sp³-hybridized carbons (Fsp3) is 0. The summed E-state index contributed by atoms with van der Waals surface area (Å²) in [7, 11) is -5.38. The molecule has 0 fully saturated rings. The van der Waals surface area contributed by atoms with Crippen LogP contribution in [-0.2, 0) is 10.0 Å². The maximum atomic E-state index is 13.6. The van der Waals surface area contributed by atoms with Crippen LogP contribution in [0.4, 0.5) is 37.7 Å². The Balaban J connectivity index is 2.59. The summed E-state index contributed by atoms with van der Waals surface area (Å²) in [6.07, 6.45) is 0. The molecule has 2 aromatic carbocycles. The fourth-order valence-corrected chi connectivity index (χ4v) is 2.93. The van der Waals surface area contributed by atoms with E-state index in [0.29, 0.717) is 18.2 Å². The summed E-state index contributed by atoms with van der Waals surface area (Å²) in [5, 5.41) is 10.6. The van der Waals surface area contributed by atoms with Crippen molar-refractivity contribution in [3.05, 3.63) is 63.2 Å². The largest absolute Gasteiger partial charge is 0.306 e. The van der Waals surface area contributed by atoms with Crippen LogP contribution >= 0.6 is 0 Å². The summed E-state index contributed by atoms with van der Waals surface area (Å²) < 4.78 is 105. The van der Waals surface area contributed by atoms with Crippen molar-refractivity contribution in [3.8, 4) is 0 Å². The molecule has 13 heteroatoms. The number of anilines is 1. The molecule has 6 nitrogen and oxygen atoms in total. The van der Waals surface area contributed by atoms with E-state index < -0.39 is 66.1 Å². The molecule has 134 valence electrons. The summed E-state index contributed by atoms with van der Waals surface area (Å²) in [6.45, 7) is 0. The maximum absolute atomic E-state index is 13.6. The minimum atomic E-state index is -5.38. The number of rotatable bonds is 4. The molecule has 0 saturated heterocycles. The molecular formula is C12H4F6N2O4S. The molecule has 2 rings (SSSR count). The summed E-state index contributed by atoms with van der Waals surface area (Å²) >= 11 is 0. The molecule has 0 aliphatic rings. The minimum Gasteiger partial charge on any atom is -0.279 e. The van der Waals surface area contributed by atoms with E-state index in [1.165, 1.54) is 4.72 Å². The lowest BCUT2D eigenvalue weighted by Crippen LogP contribution is -2.19. The van der Waals surface area contributed by atoms with Gasteiger partial charge in [-0.15, -0.1) is 0 Å². The molecule has 0 saturated carbocycles. The average molecular weight is 386 g/mol. The van der Waals surface area contributed by atoms with Crippen LogP contribution in [0.2, 0.25) is 0 Å². The van der Waals surface area contributed by atoms with Crippen molar-refractivity contribution in [3.63, 3.8) is 0 Å². The van der Waals surface area contributed by atoms with Gasteiger partial charge in [0.1, 0.15) is 0 Å². The number of nitrogens with zero attached hydrogens (tertiary/aromatic N) is 1. The highest BCUT2D eigenvalue weighted by atomic mass is 32.2. The SMILES string of the molecule is O=[N+]([O-])c1cc(NS(=O)(=O)c2c(F)c(F)c(F)c(F)c2F)ccc1F. The lowest BCUT2D eigenvalue weighted by molar-refractivity contribution is -0.387. The number of benzene rings is 2. The van der Waals surface area contributed by atoms with Crippen molar-refractivity contribution >= 4 is 21.4 Å². The van der Waals surface area contributed by atoms with Gasteiger partial charge >= 0.3 is 5.69 Å². The van der Waals surface area contributed by atoms with E-state index in [1.54, 1.807) is 0 Å². The number of hydrogen-bond donors (Lipinski definition) is 1. The van der Waals surface area contributed by atoms with Gasteiger partial charge in [0.2, 0.25) is 11.6 Å². The first-order valence-electron chi connectivity index (χ1n) is 5.95. The van der Waals surface area contributed by atoms with Gasteiger partial charge in [-0.05, 0) is 12.1 Å². The Hall–Kier alpha value is -2.83. The Kier molecular flexibility index (Phi) is 4.61. The molecule has 0 aromatic heterocycles. The van der Waals surface area contributed by atoms with E-state index in [-0.39, 0.29) is 0 Å². The molecule has 1 N–H and O–H groups in total. The van der Waals surface area contributed by atoms with Crippen LogP contribution < -0.4 is 4.72 Å². The Morgan fingerprint density at radius 3 is 1.84 bits per heavy atom. The van der Waals surface area contributed by atoms with Gasteiger partial charge in [-0.3, -0.25) is 14.8 Å².